The standard InChI is InChI=1S/C14H28N4OSi/c1-13(2,3)20(6,7)18-12(19)11(14(18,4)5)9-8-10-16-17-15/h11H,8-10H2,1-7H3. The highest BCUT2D eigenvalue weighted by Crippen LogP contribution is 2.50. The number of β-lactam (4-membered cyclic amide) rings is 1. The van der Waals surface area contributed by atoms with Gasteiger partial charge in [-0.05, 0) is 37.3 Å². The molecule has 0 aromatic carbocycles. The van der Waals surface area contributed by atoms with Crippen LogP contribution in [0.1, 0.15) is 47.5 Å². The van der Waals surface area contributed by atoms with Crippen LogP contribution in [-0.2, 0) is 4.79 Å². The first kappa shape index (κ1) is 17.0. The van der Waals surface area contributed by atoms with Crippen molar-refractivity contribution in [3.05, 3.63) is 10.4 Å². The second kappa shape index (κ2) is 5.41. The number of carbonyl (C=O) groups excluding carboxylic acids is 1. The maximum absolute atomic E-state index is 12.6. The highest BCUT2D eigenvalue weighted by Gasteiger charge is 2.60. The molecule has 1 atom stereocenters. The molecule has 1 rings (SSSR count). The fourth-order valence-corrected chi connectivity index (χ4v) is 6.02. The van der Waals surface area contributed by atoms with Crippen molar-refractivity contribution in [3.63, 3.8) is 0 Å². The first-order valence-corrected chi connectivity index (χ1v) is 10.3. The monoisotopic (exact) mass is 296 g/mol. The number of azide groups is 1. The van der Waals surface area contributed by atoms with E-state index >= 15 is 0 Å². The Kier molecular flexibility index (Phi) is 4.61. The molecular formula is C14H28N4OSi. The molecule has 0 aromatic rings. The fourth-order valence-electron chi connectivity index (χ4n) is 3.05. The number of amides is 1. The van der Waals surface area contributed by atoms with Crippen molar-refractivity contribution in [2.45, 2.75) is 71.1 Å². The molecule has 1 amide bonds. The summed E-state index contributed by atoms with van der Waals surface area (Å²) in [6.07, 6.45) is 1.60. The topological polar surface area (TPSA) is 69.1 Å². The molecule has 0 aromatic heterocycles. The molecular weight excluding hydrogens is 268 g/mol. The normalized spacial score (nSPS) is 22.2. The summed E-state index contributed by atoms with van der Waals surface area (Å²) in [4.78, 5) is 15.3. The van der Waals surface area contributed by atoms with E-state index in [-0.39, 0.29) is 16.5 Å². The van der Waals surface area contributed by atoms with Crippen LogP contribution in [0.2, 0.25) is 18.1 Å². The predicted molar refractivity (Wildman–Crippen MR) is 84.9 cm³/mol. The van der Waals surface area contributed by atoms with Crippen molar-refractivity contribution in [2.75, 3.05) is 6.54 Å². The highest BCUT2D eigenvalue weighted by molar-refractivity contribution is 6.80. The van der Waals surface area contributed by atoms with Gasteiger partial charge in [-0.1, -0.05) is 39.0 Å². The average Bonchev–Trinajstić information content (AvgIpc) is 2.26. The molecule has 1 fully saturated rings. The zero-order valence-corrected chi connectivity index (χ0v) is 14.9. The van der Waals surface area contributed by atoms with E-state index in [0.717, 1.165) is 12.8 Å². The van der Waals surface area contributed by atoms with Crippen molar-refractivity contribution in [3.8, 4) is 0 Å². The van der Waals surface area contributed by atoms with Crippen LogP contribution < -0.4 is 0 Å². The average molecular weight is 296 g/mol. The van der Waals surface area contributed by atoms with Gasteiger partial charge in [0.05, 0.1) is 5.92 Å². The van der Waals surface area contributed by atoms with Gasteiger partial charge in [0.1, 0.15) is 0 Å². The summed E-state index contributed by atoms with van der Waals surface area (Å²) in [5, 5.41) is 3.71. The molecule has 1 heterocycles. The van der Waals surface area contributed by atoms with Gasteiger partial charge in [0.15, 0.2) is 8.24 Å². The van der Waals surface area contributed by atoms with Gasteiger partial charge in [-0.25, -0.2) is 0 Å². The SMILES string of the molecule is CC1(C)C(CCCN=[N+]=[N-])C(=O)N1[Si](C)(C)C(C)(C)C. The lowest BCUT2D eigenvalue weighted by Crippen LogP contribution is -2.77. The lowest BCUT2D eigenvalue weighted by atomic mass is 9.76. The molecule has 6 heteroatoms. The predicted octanol–water partition coefficient (Wildman–Crippen LogP) is 4.32. The first-order chi connectivity index (χ1) is 8.98. The van der Waals surface area contributed by atoms with Crippen LogP contribution in [-0.4, -0.2) is 30.8 Å². The van der Waals surface area contributed by atoms with E-state index < -0.39 is 8.24 Å². The van der Waals surface area contributed by atoms with Crippen molar-refractivity contribution < 1.29 is 4.79 Å². The van der Waals surface area contributed by atoms with E-state index in [0.29, 0.717) is 12.5 Å². The number of hydrogen-bond donors (Lipinski definition) is 0. The third kappa shape index (κ3) is 2.72. The van der Waals surface area contributed by atoms with E-state index in [2.05, 4.69) is 62.3 Å². The Bertz CT molecular complexity index is 433. The van der Waals surface area contributed by atoms with Gasteiger partial charge in [0.25, 0.3) is 0 Å². The number of nitrogens with zero attached hydrogens (tertiary/aromatic N) is 4. The molecule has 1 unspecified atom stereocenters. The second-order valence-electron chi connectivity index (χ2n) is 7.79. The Labute approximate surface area is 123 Å². The quantitative estimate of drug-likeness (QED) is 0.186. The van der Waals surface area contributed by atoms with Gasteiger partial charge in [0.2, 0.25) is 5.91 Å². The van der Waals surface area contributed by atoms with Crippen molar-refractivity contribution in [2.24, 2.45) is 11.0 Å². The molecule has 1 aliphatic heterocycles. The summed E-state index contributed by atoms with van der Waals surface area (Å²) in [6, 6.07) is 0. The van der Waals surface area contributed by atoms with Gasteiger partial charge in [-0.3, -0.25) is 4.79 Å². The van der Waals surface area contributed by atoms with E-state index in [4.69, 9.17) is 5.53 Å². The fraction of sp³-hybridized carbons (Fsp3) is 0.929. The van der Waals surface area contributed by atoms with Crippen LogP contribution in [0.4, 0.5) is 0 Å². The minimum atomic E-state index is -1.81. The lowest BCUT2D eigenvalue weighted by Gasteiger charge is -2.63. The Hall–Kier alpha value is -1.00. The van der Waals surface area contributed by atoms with E-state index in [1.54, 1.807) is 0 Å². The Morgan fingerprint density at radius 2 is 1.95 bits per heavy atom. The molecule has 0 saturated carbocycles. The second-order valence-corrected chi connectivity index (χ2v) is 12.9. The highest BCUT2D eigenvalue weighted by atomic mass is 28.3. The molecule has 1 saturated heterocycles. The van der Waals surface area contributed by atoms with Crippen molar-refractivity contribution >= 4 is 14.1 Å². The third-order valence-electron chi connectivity index (χ3n) is 5.16. The number of rotatable bonds is 5. The maximum Gasteiger partial charge on any atom is 0.220 e. The van der Waals surface area contributed by atoms with Crippen molar-refractivity contribution in [1.29, 1.82) is 0 Å². The summed E-state index contributed by atoms with van der Waals surface area (Å²) in [6.45, 7) is 16.1. The minimum absolute atomic E-state index is 0.0730. The van der Waals surface area contributed by atoms with Crippen LogP contribution >= 0.6 is 0 Å². The molecule has 0 N–H and O–H groups in total. The molecule has 0 bridgehead atoms. The van der Waals surface area contributed by atoms with Crippen molar-refractivity contribution in [1.82, 2.24) is 4.57 Å². The van der Waals surface area contributed by atoms with Crippen LogP contribution in [0.5, 0.6) is 0 Å². The molecule has 1 aliphatic rings. The van der Waals surface area contributed by atoms with E-state index in [9.17, 15) is 4.79 Å². The van der Waals surface area contributed by atoms with Crippen LogP contribution in [0.15, 0.2) is 5.11 Å². The molecule has 0 spiro atoms. The summed E-state index contributed by atoms with van der Waals surface area (Å²) in [5.74, 6) is 0.369. The molecule has 5 nitrogen and oxygen atoms in total. The Morgan fingerprint density at radius 1 is 1.40 bits per heavy atom. The maximum atomic E-state index is 12.6. The summed E-state index contributed by atoms with van der Waals surface area (Å²) in [7, 11) is -1.81. The summed E-state index contributed by atoms with van der Waals surface area (Å²) >= 11 is 0. The summed E-state index contributed by atoms with van der Waals surface area (Å²) in [5.41, 5.74) is 8.21. The first-order valence-electron chi connectivity index (χ1n) is 7.33. The minimum Gasteiger partial charge on any atom is -0.363 e. The summed E-state index contributed by atoms with van der Waals surface area (Å²) < 4.78 is 2.18. The van der Waals surface area contributed by atoms with Gasteiger partial charge in [-0.2, -0.15) is 0 Å². The molecule has 0 aliphatic carbocycles. The van der Waals surface area contributed by atoms with Crippen LogP contribution in [0, 0.1) is 5.92 Å². The smallest absolute Gasteiger partial charge is 0.220 e. The van der Waals surface area contributed by atoms with Crippen LogP contribution in [0.3, 0.4) is 0 Å². The zero-order valence-electron chi connectivity index (χ0n) is 13.9. The van der Waals surface area contributed by atoms with Gasteiger partial charge < -0.3 is 4.57 Å². The van der Waals surface area contributed by atoms with E-state index in [1.807, 2.05) is 0 Å². The van der Waals surface area contributed by atoms with Gasteiger partial charge >= 0.3 is 0 Å². The third-order valence-corrected chi connectivity index (χ3v) is 10.7. The zero-order chi connectivity index (χ0) is 15.8. The molecule has 114 valence electrons. The number of carbonyl (C=O) groups is 1. The Balaban J connectivity index is 2.81. The lowest BCUT2D eigenvalue weighted by molar-refractivity contribution is -0.157. The molecule has 0 radical (unpaired) electrons. The van der Waals surface area contributed by atoms with Crippen LogP contribution in [0.25, 0.3) is 10.4 Å². The number of hydrogen-bond acceptors (Lipinski definition) is 2. The van der Waals surface area contributed by atoms with Gasteiger partial charge in [0, 0.05) is 17.0 Å². The van der Waals surface area contributed by atoms with E-state index in [1.165, 1.54) is 0 Å². The Morgan fingerprint density at radius 3 is 2.35 bits per heavy atom. The largest absolute Gasteiger partial charge is 0.363 e. The molecule has 20 heavy (non-hydrogen) atoms. The van der Waals surface area contributed by atoms with Gasteiger partial charge in [-0.15, -0.1) is 0 Å².